The third-order valence-electron chi connectivity index (χ3n) is 7.95. The number of fused-ring (bicyclic) bond motifs is 3. The van der Waals surface area contributed by atoms with E-state index in [1.54, 1.807) is 0 Å². The molecule has 0 aliphatic rings. The zero-order valence-electron chi connectivity index (χ0n) is 24.6. The van der Waals surface area contributed by atoms with Crippen LogP contribution in [0.25, 0.3) is 61.1 Å². The van der Waals surface area contributed by atoms with Crippen molar-refractivity contribution in [2.24, 2.45) is 0 Å². The number of nitrogens with zero attached hydrogens (tertiary/aromatic N) is 5. The molecule has 0 bridgehead atoms. The zero-order valence-corrected chi connectivity index (χ0v) is 24.6. The number of aryl methyl sites for hydroxylation is 4. The van der Waals surface area contributed by atoms with Crippen LogP contribution in [0.2, 0.25) is 0 Å². The Balaban J connectivity index is 1.54. The molecule has 0 saturated carbocycles. The summed E-state index contributed by atoms with van der Waals surface area (Å²) in [6, 6.07) is 38.8. The van der Waals surface area contributed by atoms with Crippen LogP contribution in [0, 0.1) is 39.0 Å². The monoisotopic (exact) mass is 555 g/mol. The van der Waals surface area contributed by atoms with Gasteiger partial charge in [0, 0.05) is 22.0 Å². The molecule has 0 amide bonds. The molecule has 43 heavy (non-hydrogen) atoms. The van der Waals surface area contributed by atoms with E-state index < -0.39 is 0 Å². The Bertz CT molecular complexity index is 2130. The number of hydrogen-bond acceptors (Lipinski definition) is 4. The average molecular weight is 556 g/mol. The summed E-state index contributed by atoms with van der Waals surface area (Å²) in [5.41, 5.74) is 11.4. The van der Waals surface area contributed by atoms with Crippen LogP contribution >= 0.6 is 0 Å². The summed E-state index contributed by atoms with van der Waals surface area (Å²) in [5.74, 6) is 1.75. The Labute approximate surface area is 250 Å². The molecule has 0 atom stereocenters. The molecular formula is C38H29N5. The zero-order chi connectivity index (χ0) is 29.7. The molecule has 2 heterocycles. The van der Waals surface area contributed by atoms with Gasteiger partial charge in [-0.05, 0) is 80.3 Å². The van der Waals surface area contributed by atoms with Gasteiger partial charge in [-0.3, -0.25) is 0 Å². The quantitative estimate of drug-likeness (QED) is 0.217. The fraction of sp³-hybridized carbons (Fsp3) is 0.105. The molecule has 0 saturated heterocycles. The van der Waals surface area contributed by atoms with Gasteiger partial charge in [-0.25, -0.2) is 15.0 Å². The van der Waals surface area contributed by atoms with E-state index >= 15 is 0 Å². The van der Waals surface area contributed by atoms with E-state index in [-0.39, 0.29) is 0 Å². The topological polar surface area (TPSA) is 67.4 Å². The first-order valence-electron chi connectivity index (χ1n) is 14.3. The lowest BCUT2D eigenvalue weighted by Gasteiger charge is -2.13. The van der Waals surface area contributed by atoms with Gasteiger partial charge in [-0.1, -0.05) is 83.9 Å². The smallest absolute Gasteiger partial charge is 0.164 e. The van der Waals surface area contributed by atoms with Crippen LogP contribution in [0.1, 0.15) is 28.3 Å². The molecule has 5 nitrogen and oxygen atoms in total. The summed E-state index contributed by atoms with van der Waals surface area (Å²) in [5, 5.41) is 12.4. The summed E-state index contributed by atoms with van der Waals surface area (Å²) in [6.45, 7) is 7.94. The van der Waals surface area contributed by atoms with Crippen LogP contribution in [-0.4, -0.2) is 19.5 Å². The third kappa shape index (κ3) is 4.73. The number of rotatable bonds is 4. The SMILES string of the molecule is Cc1cccc(-c2ccc3c4ccc(-c5cccc(C)c5)cc4n(-c4ccc(C#N)c(-c5nc(C)nc(C)n5)c4)c3c2)c1. The van der Waals surface area contributed by atoms with Crippen molar-refractivity contribution in [1.29, 1.82) is 5.26 Å². The number of benzene rings is 5. The van der Waals surface area contributed by atoms with Crippen LogP contribution in [0.15, 0.2) is 103 Å². The Kier molecular flexibility index (Phi) is 6.33. The number of aromatic nitrogens is 4. The highest BCUT2D eigenvalue weighted by Gasteiger charge is 2.18. The summed E-state index contributed by atoms with van der Waals surface area (Å²) >= 11 is 0. The maximum Gasteiger partial charge on any atom is 0.164 e. The molecule has 206 valence electrons. The van der Waals surface area contributed by atoms with Crippen LogP contribution in [-0.2, 0) is 0 Å². The van der Waals surface area contributed by atoms with Crippen molar-refractivity contribution >= 4 is 21.8 Å². The van der Waals surface area contributed by atoms with E-state index in [1.165, 1.54) is 33.0 Å². The van der Waals surface area contributed by atoms with Crippen molar-refractivity contribution in [1.82, 2.24) is 19.5 Å². The summed E-state index contributed by atoms with van der Waals surface area (Å²) in [7, 11) is 0. The van der Waals surface area contributed by atoms with E-state index in [2.05, 4.69) is 124 Å². The Morgan fingerprint density at radius 2 is 1.09 bits per heavy atom. The van der Waals surface area contributed by atoms with Gasteiger partial charge < -0.3 is 4.57 Å². The average Bonchev–Trinajstić information content (AvgIpc) is 3.33. The van der Waals surface area contributed by atoms with E-state index in [0.717, 1.165) is 27.8 Å². The number of hydrogen-bond donors (Lipinski definition) is 0. The first kappa shape index (κ1) is 26.3. The van der Waals surface area contributed by atoms with Crippen molar-refractivity contribution in [3.05, 3.63) is 131 Å². The lowest BCUT2D eigenvalue weighted by molar-refractivity contribution is 0.927. The molecule has 0 unspecified atom stereocenters. The molecule has 0 fully saturated rings. The second kappa shape index (κ2) is 10.3. The van der Waals surface area contributed by atoms with Gasteiger partial charge in [-0.15, -0.1) is 0 Å². The van der Waals surface area contributed by atoms with Gasteiger partial charge in [0.2, 0.25) is 0 Å². The van der Waals surface area contributed by atoms with Crippen LogP contribution in [0.3, 0.4) is 0 Å². The van der Waals surface area contributed by atoms with E-state index in [9.17, 15) is 5.26 Å². The second-order valence-electron chi connectivity index (χ2n) is 11.1. The van der Waals surface area contributed by atoms with Gasteiger partial charge >= 0.3 is 0 Å². The van der Waals surface area contributed by atoms with E-state index in [0.29, 0.717) is 28.6 Å². The van der Waals surface area contributed by atoms with Crippen molar-refractivity contribution in [2.75, 3.05) is 0 Å². The number of nitriles is 1. The van der Waals surface area contributed by atoms with Gasteiger partial charge in [-0.2, -0.15) is 5.26 Å². The Morgan fingerprint density at radius 3 is 1.60 bits per heavy atom. The fourth-order valence-corrected chi connectivity index (χ4v) is 6.00. The van der Waals surface area contributed by atoms with Crippen LogP contribution < -0.4 is 0 Å². The molecule has 7 aromatic rings. The fourth-order valence-electron chi connectivity index (χ4n) is 6.00. The maximum atomic E-state index is 10.0. The van der Waals surface area contributed by atoms with Gasteiger partial charge in [0.05, 0.1) is 22.7 Å². The molecule has 5 aromatic carbocycles. The summed E-state index contributed by atoms with van der Waals surface area (Å²) in [6.07, 6.45) is 0. The second-order valence-corrected chi connectivity index (χ2v) is 11.1. The summed E-state index contributed by atoms with van der Waals surface area (Å²) < 4.78 is 2.30. The van der Waals surface area contributed by atoms with Crippen LogP contribution in [0.5, 0.6) is 0 Å². The molecule has 0 spiro atoms. The van der Waals surface area contributed by atoms with Gasteiger partial charge in [0.25, 0.3) is 0 Å². The van der Waals surface area contributed by atoms with Crippen molar-refractivity contribution in [3.8, 4) is 45.4 Å². The minimum atomic E-state index is 0.505. The third-order valence-corrected chi connectivity index (χ3v) is 7.95. The molecule has 5 heteroatoms. The summed E-state index contributed by atoms with van der Waals surface area (Å²) in [4.78, 5) is 13.6. The highest BCUT2D eigenvalue weighted by atomic mass is 15.0. The minimum Gasteiger partial charge on any atom is -0.309 e. The highest BCUT2D eigenvalue weighted by molar-refractivity contribution is 6.11. The van der Waals surface area contributed by atoms with Gasteiger partial charge in [0.15, 0.2) is 5.82 Å². The first-order valence-corrected chi connectivity index (χ1v) is 14.3. The molecule has 0 aliphatic heterocycles. The van der Waals surface area contributed by atoms with Crippen LogP contribution in [0.4, 0.5) is 0 Å². The molecule has 0 N–H and O–H groups in total. The molecule has 2 aromatic heterocycles. The minimum absolute atomic E-state index is 0.505. The largest absolute Gasteiger partial charge is 0.309 e. The van der Waals surface area contributed by atoms with Gasteiger partial charge in [0.1, 0.15) is 11.6 Å². The maximum absolute atomic E-state index is 10.0. The van der Waals surface area contributed by atoms with Crippen molar-refractivity contribution in [2.45, 2.75) is 27.7 Å². The van der Waals surface area contributed by atoms with Crippen molar-refractivity contribution < 1.29 is 0 Å². The predicted molar refractivity (Wildman–Crippen MR) is 174 cm³/mol. The molecule has 7 rings (SSSR count). The lowest BCUT2D eigenvalue weighted by Crippen LogP contribution is -2.02. The van der Waals surface area contributed by atoms with E-state index in [1.807, 2.05) is 32.0 Å². The highest BCUT2D eigenvalue weighted by Crippen LogP contribution is 2.38. The lowest BCUT2D eigenvalue weighted by atomic mass is 10.0. The van der Waals surface area contributed by atoms with E-state index in [4.69, 9.17) is 0 Å². The first-order chi connectivity index (χ1) is 20.9. The Hall–Kier alpha value is -5.60. The standard InChI is InChI=1S/C38H29N5/c1-23-7-5-9-27(17-23)29-12-15-33-34-16-13-30(28-10-6-8-24(2)18-28)20-37(34)43(36(33)19-29)32-14-11-31(22-39)35(21-32)38-41-25(3)40-26(4)42-38/h5-21H,1-4H3. The van der Waals surface area contributed by atoms with Crippen molar-refractivity contribution in [3.63, 3.8) is 0 Å². The molecule has 0 radical (unpaired) electrons. The predicted octanol–water partition coefficient (Wildman–Crippen LogP) is 9.08. The molecular weight excluding hydrogens is 526 g/mol. The Morgan fingerprint density at radius 1 is 0.558 bits per heavy atom. The molecule has 0 aliphatic carbocycles. The normalized spacial score (nSPS) is 11.2.